The predicted molar refractivity (Wildman–Crippen MR) is 105 cm³/mol. The molecular formula is C20H29N5O. The number of amides is 1. The number of nitrogens with two attached hydrogens (primary N) is 1. The van der Waals surface area contributed by atoms with Gasteiger partial charge in [0.15, 0.2) is 0 Å². The van der Waals surface area contributed by atoms with Gasteiger partial charge in [-0.15, -0.1) is 0 Å². The zero-order valence-electron chi connectivity index (χ0n) is 16.0. The standard InChI is InChI=1S/C20H29N5O/c1-20(2,3)17-6-4-5-7-18(17)23-15-16(14-22)19(26)25-12-10-24(9-8-21)11-13-25/h4-7,15,23H,8-13,21H2,1-3H3/b16-15-. The Balaban J connectivity index is 2.08. The minimum atomic E-state index is -0.222. The average Bonchev–Trinajstić information content (AvgIpc) is 2.62. The molecule has 0 aromatic heterocycles. The van der Waals surface area contributed by atoms with Crippen LogP contribution in [-0.2, 0) is 10.2 Å². The van der Waals surface area contributed by atoms with Gasteiger partial charge in [-0.05, 0) is 17.0 Å². The van der Waals surface area contributed by atoms with Crippen LogP contribution in [0.2, 0.25) is 0 Å². The SMILES string of the molecule is CC(C)(C)c1ccccc1N/C=C(/C#N)C(=O)N1CCN(CCN)CC1. The number of rotatable bonds is 5. The molecule has 2 rings (SSSR count). The van der Waals surface area contributed by atoms with Gasteiger partial charge in [0.2, 0.25) is 0 Å². The maximum absolute atomic E-state index is 12.6. The van der Waals surface area contributed by atoms with E-state index >= 15 is 0 Å². The number of nitrogens with zero attached hydrogens (tertiary/aromatic N) is 3. The highest BCUT2D eigenvalue weighted by atomic mass is 16.2. The van der Waals surface area contributed by atoms with Gasteiger partial charge in [0, 0.05) is 51.2 Å². The summed E-state index contributed by atoms with van der Waals surface area (Å²) in [5, 5.41) is 12.6. The predicted octanol–water partition coefficient (Wildman–Crippen LogP) is 1.91. The van der Waals surface area contributed by atoms with Crippen LogP contribution in [0.5, 0.6) is 0 Å². The number of carbonyl (C=O) groups is 1. The molecule has 0 unspecified atom stereocenters. The first-order chi connectivity index (χ1) is 12.4. The third-order valence-corrected chi connectivity index (χ3v) is 4.56. The topological polar surface area (TPSA) is 85.4 Å². The Morgan fingerprint density at radius 3 is 2.50 bits per heavy atom. The molecule has 0 atom stereocenters. The summed E-state index contributed by atoms with van der Waals surface area (Å²) in [4.78, 5) is 16.6. The quantitative estimate of drug-likeness (QED) is 0.622. The smallest absolute Gasteiger partial charge is 0.266 e. The first-order valence-electron chi connectivity index (χ1n) is 9.05. The number of nitriles is 1. The van der Waals surface area contributed by atoms with Gasteiger partial charge in [-0.1, -0.05) is 39.0 Å². The molecule has 6 nitrogen and oxygen atoms in total. The lowest BCUT2D eigenvalue weighted by Crippen LogP contribution is -2.50. The highest BCUT2D eigenvalue weighted by Gasteiger charge is 2.23. The molecule has 0 radical (unpaired) electrons. The highest BCUT2D eigenvalue weighted by Crippen LogP contribution is 2.29. The van der Waals surface area contributed by atoms with Gasteiger partial charge in [-0.2, -0.15) is 5.26 Å². The molecule has 1 aliphatic heterocycles. The molecule has 0 spiro atoms. The lowest BCUT2D eigenvalue weighted by molar-refractivity contribution is -0.128. The van der Waals surface area contributed by atoms with Gasteiger partial charge in [-0.3, -0.25) is 9.69 Å². The van der Waals surface area contributed by atoms with Crippen LogP contribution in [0.15, 0.2) is 36.0 Å². The average molecular weight is 355 g/mol. The number of anilines is 1. The van der Waals surface area contributed by atoms with Crippen LogP contribution in [0.4, 0.5) is 5.69 Å². The van der Waals surface area contributed by atoms with Gasteiger partial charge in [-0.25, -0.2) is 0 Å². The summed E-state index contributed by atoms with van der Waals surface area (Å²) in [7, 11) is 0. The van der Waals surface area contributed by atoms with Crippen LogP contribution in [0.25, 0.3) is 0 Å². The second kappa shape index (κ2) is 8.84. The van der Waals surface area contributed by atoms with E-state index in [-0.39, 0.29) is 16.9 Å². The van der Waals surface area contributed by atoms with Gasteiger partial charge in [0.05, 0.1) is 0 Å². The van der Waals surface area contributed by atoms with Crippen molar-refractivity contribution in [3.63, 3.8) is 0 Å². The number of para-hydroxylation sites is 1. The van der Waals surface area contributed by atoms with Crippen molar-refractivity contribution >= 4 is 11.6 Å². The van der Waals surface area contributed by atoms with E-state index in [1.54, 1.807) is 4.90 Å². The second-order valence-electron chi connectivity index (χ2n) is 7.53. The number of hydrogen-bond donors (Lipinski definition) is 2. The fourth-order valence-electron chi connectivity index (χ4n) is 3.08. The number of nitrogens with one attached hydrogen (secondary N) is 1. The summed E-state index contributed by atoms with van der Waals surface area (Å²) in [6, 6.07) is 9.99. The molecule has 1 aliphatic rings. The fraction of sp³-hybridized carbons (Fsp3) is 0.500. The van der Waals surface area contributed by atoms with Crippen molar-refractivity contribution in [2.24, 2.45) is 5.73 Å². The van der Waals surface area contributed by atoms with E-state index in [2.05, 4.69) is 37.1 Å². The van der Waals surface area contributed by atoms with Crippen molar-refractivity contribution in [2.45, 2.75) is 26.2 Å². The van der Waals surface area contributed by atoms with Crippen LogP contribution < -0.4 is 11.1 Å². The summed E-state index contributed by atoms with van der Waals surface area (Å²) in [5.41, 5.74) is 7.72. The van der Waals surface area contributed by atoms with Crippen LogP contribution in [0, 0.1) is 11.3 Å². The Morgan fingerprint density at radius 2 is 1.92 bits per heavy atom. The molecule has 1 heterocycles. The summed E-state index contributed by atoms with van der Waals surface area (Å²) in [6.07, 6.45) is 1.53. The van der Waals surface area contributed by atoms with Crippen molar-refractivity contribution in [3.8, 4) is 6.07 Å². The molecule has 140 valence electrons. The fourth-order valence-corrected chi connectivity index (χ4v) is 3.08. The van der Waals surface area contributed by atoms with Crippen LogP contribution in [-0.4, -0.2) is 55.0 Å². The minimum Gasteiger partial charge on any atom is -0.360 e. The number of benzene rings is 1. The Hall–Kier alpha value is -2.36. The third kappa shape index (κ3) is 5.07. The van der Waals surface area contributed by atoms with Gasteiger partial charge in [0.1, 0.15) is 11.6 Å². The van der Waals surface area contributed by atoms with E-state index in [9.17, 15) is 10.1 Å². The van der Waals surface area contributed by atoms with E-state index < -0.39 is 0 Å². The zero-order chi connectivity index (χ0) is 19.2. The van der Waals surface area contributed by atoms with Gasteiger partial charge >= 0.3 is 0 Å². The first-order valence-corrected chi connectivity index (χ1v) is 9.05. The Bertz CT molecular complexity index is 691. The summed E-state index contributed by atoms with van der Waals surface area (Å²) >= 11 is 0. The van der Waals surface area contributed by atoms with Crippen molar-refractivity contribution in [1.29, 1.82) is 5.26 Å². The van der Waals surface area contributed by atoms with Crippen LogP contribution in [0.1, 0.15) is 26.3 Å². The molecule has 1 amide bonds. The van der Waals surface area contributed by atoms with Crippen molar-refractivity contribution < 1.29 is 4.79 Å². The monoisotopic (exact) mass is 355 g/mol. The molecule has 1 fully saturated rings. The molecule has 3 N–H and O–H groups in total. The van der Waals surface area contributed by atoms with Gasteiger partial charge in [0.25, 0.3) is 5.91 Å². The normalized spacial score (nSPS) is 16.3. The largest absolute Gasteiger partial charge is 0.360 e. The van der Waals surface area contributed by atoms with E-state index in [4.69, 9.17) is 5.73 Å². The van der Waals surface area contributed by atoms with Crippen LogP contribution >= 0.6 is 0 Å². The van der Waals surface area contributed by atoms with Gasteiger partial charge < -0.3 is 16.0 Å². The lowest BCUT2D eigenvalue weighted by atomic mass is 9.86. The second-order valence-corrected chi connectivity index (χ2v) is 7.53. The third-order valence-electron chi connectivity index (χ3n) is 4.56. The summed E-state index contributed by atoms with van der Waals surface area (Å²) in [5.74, 6) is -0.222. The Morgan fingerprint density at radius 1 is 1.27 bits per heavy atom. The zero-order valence-corrected chi connectivity index (χ0v) is 16.0. The molecule has 0 aliphatic carbocycles. The Kier molecular flexibility index (Phi) is 6.78. The maximum atomic E-state index is 12.6. The minimum absolute atomic E-state index is 0.0342. The molecule has 0 saturated carbocycles. The Labute approximate surface area is 156 Å². The van der Waals surface area contributed by atoms with Crippen LogP contribution in [0.3, 0.4) is 0 Å². The van der Waals surface area contributed by atoms with E-state index in [0.717, 1.165) is 30.9 Å². The van der Waals surface area contributed by atoms with Crippen molar-refractivity contribution in [2.75, 3.05) is 44.6 Å². The maximum Gasteiger partial charge on any atom is 0.266 e. The molecule has 1 aromatic rings. The number of piperazine rings is 1. The molecule has 1 aromatic carbocycles. The van der Waals surface area contributed by atoms with Crippen molar-refractivity contribution in [1.82, 2.24) is 9.80 Å². The lowest BCUT2D eigenvalue weighted by Gasteiger charge is -2.34. The van der Waals surface area contributed by atoms with E-state index in [0.29, 0.717) is 19.6 Å². The van der Waals surface area contributed by atoms with E-state index in [1.807, 2.05) is 24.3 Å². The molecule has 0 bridgehead atoms. The summed E-state index contributed by atoms with van der Waals surface area (Å²) < 4.78 is 0. The summed E-state index contributed by atoms with van der Waals surface area (Å²) in [6.45, 7) is 10.7. The molecular weight excluding hydrogens is 326 g/mol. The molecule has 6 heteroatoms. The number of carbonyl (C=O) groups excluding carboxylic acids is 1. The molecule has 26 heavy (non-hydrogen) atoms. The highest BCUT2D eigenvalue weighted by molar-refractivity contribution is 5.97. The number of hydrogen-bond acceptors (Lipinski definition) is 5. The first kappa shape index (κ1) is 20.0. The van der Waals surface area contributed by atoms with Crippen molar-refractivity contribution in [3.05, 3.63) is 41.6 Å². The molecule has 1 saturated heterocycles. The van der Waals surface area contributed by atoms with E-state index in [1.165, 1.54) is 6.20 Å².